The Morgan fingerprint density at radius 2 is 1.97 bits per heavy atom. The van der Waals surface area contributed by atoms with Crippen molar-refractivity contribution in [1.82, 2.24) is 4.98 Å². The first kappa shape index (κ1) is 22.1. The summed E-state index contributed by atoms with van der Waals surface area (Å²) in [6, 6.07) is 9.76. The number of benzene rings is 2. The fraction of sp³-hybridized carbons (Fsp3) is 0.292. The van der Waals surface area contributed by atoms with Crippen LogP contribution in [0.4, 0.5) is 10.8 Å². The highest BCUT2D eigenvalue weighted by Crippen LogP contribution is 2.31. The summed E-state index contributed by atoms with van der Waals surface area (Å²) < 4.78 is 0. The van der Waals surface area contributed by atoms with Gasteiger partial charge < -0.3 is 15.5 Å². The van der Waals surface area contributed by atoms with Crippen LogP contribution in [0.25, 0.3) is 0 Å². The number of hydrogen-bond acceptors (Lipinski definition) is 7. The molecule has 1 atom stereocenters. The highest BCUT2D eigenvalue weighted by Gasteiger charge is 2.27. The van der Waals surface area contributed by atoms with Gasteiger partial charge in [-0.05, 0) is 60.7 Å². The lowest BCUT2D eigenvalue weighted by atomic mass is 9.90. The van der Waals surface area contributed by atoms with Crippen LogP contribution in [0.1, 0.15) is 47.2 Å². The summed E-state index contributed by atoms with van der Waals surface area (Å²) >= 11 is 1.53. The first-order valence-corrected chi connectivity index (χ1v) is 11.3. The molecule has 1 aliphatic heterocycles. The largest absolute Gasteiger partial charge is 0.392 e. The number of aliphatic hydroxyl groups is 2. The van der Waals surface area contributed by atoms with Crippen LogP contribution in [-0.4, -0.2) is 32.9 Å². The molecule has 0 bridgehead atoms. The Hall–Kier alpha value is -3.07. The second-order valence-electron chi connectivity index (χ2n) is 7.97. The first-order valence-electron chi connectivity index (χ1n) is 10.4. The molecule has 0 saturated carbocycles. The summed E-state index contributed by atoms with van der Waals surface area (Å²) in [6.07, 6.45) is 2.48. The quantitative estimate of drug-likeness (QED) is 0.552. The van der Waals surface area contributed by atoms with E-state index in [-0.39, 0.29) is 25.2 Å². The third-order valence-corrected chi connectivity index (χ3v) is 6.35. The zero-order valence-corrected chi connectivity index (χ0v) is 19.1. The number of anilines is 2. The van der Waals surface area contributed by atoms with E-state index in [1.54, 1.807) is 6.20 Å². The number of nitrogens with zero attached hydrogens (tertiary/aromatic N) is 3. The molecule has 32 heavy (non-hydrogen) atoms. The van der Waals surface area contributed by atoms with Gasteiger partial charge in [0.25, 0.3) is 0 Å². The van der Waals surface area contributed by atoms with Gasteiger partial charge in [-0.1, -0.05) is 12.1 Å². The maximum atomic E-state index is 11.5. The number of amides is 1. The number of hydrazone groups is 1. The number of carbonyl (C=O) groups is 1. The summed E-state index contributed by atoms with van der Waals surface area (Å²) in [4.78, 5) is 16.0. The normalized spacial score (nSPS) is 15.7. The molecule has 2 heterocycles. The summed E-state index contributed by atoms with van der Waals surface area (Å²) in [7, 11) is 0. The molecule has 0 spiro atoms. The van der Waals surface area contributed by atoms with E-state index in [0.717, 1.165) is 44.3 Å². The van der Waals surface area contributed by atoms with Crippen molar-refractivity contribution in [2.45, 2.75) is 46.4 Å². The van der Waals surface area contributed by atoms with Gasteiger partial charge in [0.05, 0.1) is 25.0 Å². The Balaban J connectivity index is 1.91. The van der Waals surface area contributed by atoms with Gasteiger partial charge in [0, 0.05) is 35.3 Å². The standard InChI is InChI=1S/C24H26N4O3S/c1-14-8-17(4-5-22(14)26-16(3)31)23-21-11-20(13-30)19(12-29)10-18(21)9-15(2)28(27-23)24-25-6-7-32-24/h4-8,10-11,15,29-30H,9,12-13H2,1-3H3,(H,26,31)/t15-/m1/s1. The molecule has 0 unspecified atom stereocenters. The van der Waals surface area contributed by atoms with Gasteiger partial charge in [-0.25, -0.2) is 9.99 Å². The average molecular weight is 451 g/mol. The summed E-state index contributed by atoms with van der Waals surface area (Å²) in [5.41, 5.74) is 6.72. The van der Waals surface area contributed by atoms with Crippen molar-refractivity contribution in [1.29, 1.82) is 0 Å². The molecule has 7 nitrogen and oxygen atoms in total. The fourth-order valence-corrected chi connectivity index (χ4v) is 4.70. The van der Waals surface area contributed by atoms with Crippen molar-refractivity contribution in [2.24, 2.45) is 5.10 Å². The zero-order chi connectivity index (χ0) is 22.8. The van der Waals surface area contributed by atoms with Crippen LogP contribution < -0.4 is 10.3 Å². The Morgan fingerprint density at radius 1 is 1.22 bits per heavy atom. The molecule has 1 aromatic heterocycles. The minimum Gasteiger partial charge on any atom is -0.392 e. The van der Waals surface area contributed by atoms with Gasteiger partial charge in [0.1, 0.15) is 0 Å². The monoisotopic (exact) mass is 450 g/mol. The van der Waals surface area contributed by atoms with E-state index in [1.165, 1.54) is 18.3 Å². The van der Waals surface area contributed by atoms with E-state index in [0.29, 0.717) is 12.0 Å². The van der Waals surface area contributed by atoms with E-state index in [9.17, 15) is 15.0 Å². The minimum atomic E-state index is -0.164. The molecule has 0 saturated heterocycles. The lowest BCUT2D eigenvalue weighted by molar-refractivity contribution is -0.114. The number of aromatic nitrogens is 1. The Kier molecular flexibility index (Phi) is 6.36. The molecule has 0 fully saturated rings. The highest BCUT2D eigenvalue weighted by molar-refractivity contribution is 7.13. The van der Waals surface area contributed by atoms with Gasteiger partial charge in [0.15, 0.2) is 0 Å². The zero-order valence-electron chi connectivity index (χ0n) is 18.3. The number of aryl methyl sites for hydroxylation is 1. The number of nitrogens with one attached hydrogen (secondary N) is 1. The minimum absolute atomic E-state index is 0.0451. The summed E-state index contributed by atoms with van der Waals surface area (Å²) in [5.74, 6) is -0.120. The van der Waals surface area contributed by atoms with E-state index in [2.05, 4.69) is 17.2 Å². The van der Waals surface area contributed by atoms with E-state index < -0.39 is 0 Å². The molecule has 166 valence electrons. The van der Waals surface area contributed by atoms with E-state index in [1.807, 2.05) is 47.6 Å². The summed E-state index contributed by atoms with van der Waals surface area (Å²) in [6.45, 7) is 5.23. The van der Waals surface area contributed by atoms with Crippen molar-refractivity contribution in [2.75, 3.05) is 10.3 Å². The SMILES string of the molecule is CC(=O)Nc1ccc(C2=NN(c3nccs3)[C@H](C)Cc3cc(CO)c(CO)cc32)cc1C. The van der Waals surface area contributed by atoms with E-state index in [4.69, 9.17) is 5.10 Å². The number of rotatable bonds is 5. The maximum absolute atomic E-state index is 11.5. The predicted molar refractivity (Wildman–Crippen MR) is 127 cm³/mol. The third kappa shape index (κ3) is 4.29. The topological polar surface area (TPSA) is 98.1 Å². The Morgan fingerprint density at radius 3 is 2.59 bits per heavy atom. The van der Waals surface area contributed by atoms with Gasteiger partial charge in [-0.15, -0.1) is 11.3 Å². The maximum Gasteiger partial charge on any atom is 0.221 e. The van der Waals surface area contributed by atoms with Gasteiger partial charge >= 0.3 is 0 Å². The lowest BCUT2D eigenvalue weighted by Gasteiger charge is -2.22. The molecular weight excluding hydrogens is 424 g/mol. The lowest BCUT2D eigenvalue weighted by Crippen LogP contribution is -2.29. The van der Waals surface area contributed by atoms with Crippen LogP contribution in [0, 0.1) is 6.92 Å². The number of fused-ring (bicyclic) bond motifs is 1. The van der Waals surface area contributed by atoms with Crippen molar-refractivity contribution >= 4 is 33.8 Å². The molecular formula is C24H26N4O3S. The van der Waals surface area contributed by atoms with Crippen molar-refractivity contribution in [3.05, 3.63) is 75.3 Å². The first-order chi connectivity index (χ1) is 15.4. The van der Waals surface area contributed by atoms with Crippen LogP contribution in [-0.2, 0) is 24.4 Å². The molecule has 0 radical (unpaired) electrons. The third-order valence-electron chi connectivity index (χ3n) is 5.59. The fourth-order valence-electron chi connectivity index (χ4n) is 4.00. The van der Waals surface area contributed by atoms with Crippen LogP contribution in [0.5, 0.6) is 0 Å². The second-order valence-corrected chi connectivity index (χ2v) is 8.84. The molecule has 2 aromatic carbocycles. The molecule has 3 aromatic rings. The number of thiazole rings is 1. The molecule has 1 amide bonds. The van der Waals surface area contributed by atoms with Crippen LogP contribution in [0.2, 0.25) is 0 Å². The van der Waals surface area contributed by atoms with E-state index >= 15 is 0 Å². The van der Waals surface area contributed by atoms with Gasteiger partial charge in [0.2, 0.25) is 11.0 Å². The molecule has 8 heteroatoms. The van der Waals surface area contributed by atoms with Gasteiger partial charge in [-0.3, -0.25) is 4.79 Å². The predicted octanol–water partition coefficient (Wildman–Crippen LogP) is 3.60. The van der Waals surface area contributed by atoms with Crippen LogP contribution in [0.15, 0.2) is 47.0 Å². The molecule has 4 rings (SSSR count). The molecule has 0 aliphatic carbocycles. The Bertz CT molecular complexity index is 1170. The Labute approximate surface area is 191 Å². The van der Waals surface area contributed by atoms with Crippen molar-refractivity contribution in [3.63, 3.8) is 0 Å². The smallest absolute Gasteiger partial charge is 0.221 e. The van der Waals surface area contributed by atoms with Crippen molar-refractivity contribution < 1.29 is 15.0 Å². The van der Waals surface area contributed by atoms with Crippen LogP contribution in [0.3, 0.4) is 0 Å². The molecule has 3 N–H and O–H groups in total. The number of aliphatic hydroxyl groups excluding tert-OH is 2. The molecule has 1 aliphatic rings. The number of carbonyl (C=O) groups excluding carboxylic acids is 1. The summed E-state index contributed by atoms with van der Waals surface area (Å²) in [5, 5.41) is 32.3. The highest BCUT2D eigenvalue weighted by atomic mass is 32.1. The van der Waals surface area contributed by atoms with Gasteiger partial charge in [-0.2, -0.15) is 5.10 Å². The number of hydrogen-bond donors (Lipinski definition) is 3. The van der Waals surface area contributed by atoms with Crippen LogP contribution >= 0.6 is 11.3 Å². The second kappa shape index (κ2) is 9.20. The average Bonchev–Trinajstić information content (AvgIpc) is 3.25. The van der Waals surface area contributed by atoms with Crippen molar-refractivity contribution in [3.8, 4) is 0 Å².